The topological polar surface area (TPSA) is 67.1 Å². The fourth-order valence-electron chi connectivity index (χ4n) is 2.58. The zero-order valence-electron chi connectivity index (χ0n) is 13.2. The van der Waals surface area contributed by atoms with Crippen molar-refractivity contribution < 1.29 is 0 Å². The van der Waals surface area contributed by atoms with Gasteiger partial charge in [0.15, 0.2) is 10.3 Å². The first-order chi connectivity index (χ1) is 12.1. The summed E-state index contributed by atoms with van der Waals surface area (Å²) in [5, 5.41) is 15.2. The Morgan fingerprint density at radius 3 is 2.68 bits per heavy atom. The van der Waals surface area contributed by atoms with Crippen LogP contribution in [0.3, 0.4) is 0 Å². The van der Waals surface area contributed by atoms with E-state index in [-0.39, 0.29) is 0 Å². The Labute approximate surface area is 153 Å². The van der Waals surface area contributed by atoms with Crippen LogP contribution in [0.2, 0.25) is 5.15 Å². The molecule has 0 fully saturated rings. The second kappa shape index (κ2) is 6.27. The van der Waals surface area contributed by atoms with Crippen LogP contribution in [0.1, 0.15) is 5.56 Å². The SMILES string of the molecule is Cc1ccc2nc(Cl)c3nnc(NC(=S)Nc4ccccc4)n3c2c1. The van der Waals surface area contributed by atoms with Gasteiger partial charge in [0.05, 0.1) is 11.0 Å². The lowest BCUT2D eigenvalue weighted by molar-refractivity contribution is 1.12. The van der Waals surface area contributed by atoms with E-state index in [2.05, 4.69) is 25.8 Å². The maximum Gasteiger partial charge on any atom is 0.235 e. The Balaban J connectivity index is 1.76. The minimum absolute atomic E-state index is 0.291. The second-order valence-electron chi connectivity index (χ2n) is 5.52. The van der Waals surface area contributed by atoms with E-state index in [1.54, 1.807) is 0 Å². The molecule has 6 nitrogen and oxygen atoms in total. The lowest BCUT2D eigenvalue weighted by Gasteiger charge is -2.10. The van der Waals surface area contributed by atoms with E-state index in [0.29, 0.717) is 21.9 Å². The summed E-state index contributed by atoms with van der Waals surface area (Å²) < 4.78 is 1.82. The van der Waals surface area contributed by atoms with Gasteiger partial charge in [-0.3, -0.25) is 4.40 Å². The highest BCUT2D eigenvalue weighted by atomic mass is 35.5. The first-order valence-electron chi connectivity index (χ1n) is 7.56. The summed E-state index contributed by atoms with van der Waals surface area (Å²) in [5.74, 6) is 0.475. The monoisotopic (exact) mass is 368 g/mol. The lowest BCUT2D eigenvalue weighted by Crippen LogP contribution is -2.20. The minimum atomic E-state index is 0.291. The third kappa shape index (κ3) is 2.99. The normalized spacial score (nSPS) is 11.0. The van der Waals surface area contributed by atoms with Gasteiger partial charge in [0.2, 0.25) is 11.6 Å². The van der Waals surface area contributed by atoms with Crippen LogP contribution in [-0.4, -0.2) is 24.7 Å². The fourth-order valence-corrected chi connectivity index (χ4v) is 3.00. The highest BCUT2D eigenvalue weighted by Crippen LogP contribution is 2.24. The summed E-state index contributed by atoms with van der Waals surface area (Å²) in [7, 11) is 0. The number of fused-ring (bicyclic) bond motifs is 3. The molecule has 2 heterocycles. The maximum absolute atomic E-state index is 6.24. The van der Waals surface area contributed by atoms with Crippen molar-refractivity contribution in [3.05, 3.63) is 59.2 Å². The van der Waals surface area contributed by atoms with Crippen LogP contribution in [0.15, 0.2) is 48.5 Å². The zero-order chi connectivity index (χ0) is 17.4. The number of benzene rings is 2. The van der Waals surface area contributed by atoms with Crippen LogP contribution in [0, 0.1) is 6.92 Å². The quantitative estimate of drug-likeness (QED) is 0.520. The molecule has 0 aliphatic heterocycles. The average molecular weight is 369 g/mol. The van der Waals surface area contributed by atoms with Gasteiger partial charge in [-0.2, -0.15) is 0 Å². The molecule has 124 valence electrons. The molecular weight excluding hydrogens is 356 g/mol. The summed E-state index contributed by atoms with van der Waals surface area (Å²) >= 11 is 11.6. The Kier molecular flexibility index (Phi) is 3.95. The predicted molar refractivity (Wildman–Crippen MR) is 104 cm³/mol. The maximum atomic E-state index is 6.24. The molecule has 0 saturated heterocycles. The Morgan fingerprint density at radius 1 is 1.08 bits per heavy atom. The van der Waals surface area contributed by atoms with E-state index in [9.17, 15) is 0 Å². The number of anilines is 2. The summed E-state index contributed by atoms with van der Waals surface area (Å²) in [4.78, 5) is 4.37. The molecule has 0 aliphatic rings. The largest absolute Gasteiger partial charge is 0.332 e. The van der Waals surface area contributed by atoms with Gasteiger partial charge in [0.25, 0.3) is 0 Å². The molecule has 2 N–H and O–H groups in total. The van der Waals surface area contributed by atoms with Crippen molar-refractivity contribution in [2.24, 2.45) is 0 Å². The van der Waals surface area contributed by atoms with Gasteiger partial charge in [0.1, 0.15) is 0 Å². The van der Waals surface area contributed by atoms with E-state index < -0.39 is 0 Å². The Bertz CT molecular complexity index is 1090. The fraction of sp³-hybridized carbons (Fsp3) is 0.0588. The third-order valence-corrected chi connectivity index (χ3v) is 4.15. The highest BCUT2D eigenvalue weighted by molar-refractivity contribution is 7.80. The first-order valence-corrected chi connectivity index (χ1v) is 8.34. The van der Waals surface area contributed by atoms with Crippen molar-refractivity contribution in [1.82, 2.24) is 19.6 Å². The number of hydrogen-bond acceptors (Lipinski definition) is 4. The van der Waals surface area contributed by atoms with Crippen LogP contribution in [-0.2, 0) is 0 Å². The van der Waals surface area contributed by atoms with Crippen molar-refractivity contribution >= 4 is 57.2 Å². The molecule has 0 aliphatic carbocycles. The van der Waals surface area contributed by atoms with Gasteiger partial charge in [0, 0.05) is 5.69 Å². The smallest absolute Gasteiger partial charge is 0.235 e. The van der Waals surface area contributed by atoms with Gasteiger partial charge in [-0.25, -0.2) is 4.98 Å². The Hall–Kier alpha value is -2.77. The molecular formula is C17H13ClN6S. The van der Waals surface area contributed by atoms with Crippen molar-refractivity contribution in [3.63, 3.8) is 0 Å². The van der Waals surface area contributed by atoms with E-state index >= 15 is 0 Å². The van der Waals surface area contributed by atoms with Crippen molar-refractivity contribution in [2.45, 2.75) is 6.92 Å². The van der Waals surface area contributed by atoms with Crippen LogP contribution >= 0.6 is 23.8 Å². The summed E-state index contributed by atoms with van der Waals surface area (Å²) in [6.45, 7) is 2.01. The summed E-state index contributed by atoms with van der Waals surface area (Å²) in [6, 6.07) is 15.6. The van der Waals surface area contributed by atoms with Crippen LogP contribution in [0.4, 0.5) is 11.6 Å². The number of aryl methyl sites for hydroxylation is 1. The molecule has 0 unspecified atom stereocenters. The summed E-state index contributed by atoms with van der Waals surface area (Å²) in [5.41, 5.74) is 4.07. The van der Waals surface area contributed by atoms with Gasteiger partial charge in [-0.1, -0.05) is 35.9 Å². The number of halogens is 1. The number of hydrogen-bond donors (Lipinski definition) is 2. The number of nitrogens with one attached hydrogen (secondary N) is 2. The van der Waals surface area contributed by atoms with Crippen molar-refractivity contribution in [3.8, 4) is 0 Å². The number of rotatable bonds is 2. The van der Waals surface area contributed by atoms with Gasteiger partial charge in [-0.05, 0) is 49.0 Å². The standard InChI is InChI=1S/C17H13ClN6S/c1-10-7-8-12-13(9-10)24-15(14(18)20-12)22-23-16(24)21-17(25)19-11-5-3-2-4-6-11/h2-9H,1H3,(H2,19,21,23,25). The Morgan fingerprint density at radius 2 is 1.88 bits per heavy atom. The molecule has 4 rings (SSSR count). The molecule has 0 radical (unpaired) electrons. The molecule has 2 aromatic heterocycles. The van der Waals surface area contributed by atoms with Crippen molar-refractivity contribution in [1.29, 1.82) is 0 Å². The molecule has 0 atom stereocenters. The van der Waals surface area contributed by atoms with Gasteiger partial charge >= 0.3 is 0 Å². The zero-order valence-corrected chi connectivity index (χ0v) is 14.8. The van der Waals surface area contributed by atoms with E-state index in [1.807, 2.05) is 59.9 Å². The van der Waals surface area contributed by atoms with E-state index in [1.165, 1.54) is 0 Å². The molecule has 4 aromatic rings. The van der Waals surface area contributed by atoms with Crippen LogP contribution in [0.25, 0.3) is 16.7 Å². The molecule has 0 spiro atoms. The van der Waals surface area contributed by atoms with Gasteiger partial charge < -0.3 is 10.6 Å². The molecule has 0 amide bonds. The third-order valence-electron chi connectivity index (χ3n) is 3.69. The van der Waals surface area contributed by atoms with E-state index in [0.717, 1.165) is 22.3 Å². The van der Waals surface area contributed by atoms with Gasteiger partial charge in [-0.15, -0.1) is 10.2 Å². The second-order valence-corrected chi connectivity index (χ2v) is 6.29. The molecule has 0 bridgehead atoms. The molecule has 0 saturated carbocycles. The number of aromatic nitrogens is 4. The van der Waals surface area contributed by atoms with E-state index in [4.69, 9.17) is 23.8 Å². The minimum Gasteiger partial charge on any atom is -0.332 e. The number of thiocarbonyl (C=S) groups is 1. The first kappa shape index (κ1) is 15.7. The molecule has 25 heavy (non-hydrogen) atoms. The van der Waals surface area contributed by atoms with Crippen LogP contribution < -0.4 is 10.6 Å². The lowest BCUT2D eigenvalue weighted by atomic mass is 10.2. The number of para-hydroxylation sites is 1. The predicted octanol–water partition coefficient (Wildman–Crippen LogP) is 4.05. The summed E-state index contributed by atoms with van der Waals surface area (Å²) in [6.07, 6.45) is 0. The highest BCUT2D eigenvalue weighted by Gasteiger charge is 2.15. The average Bonchev–Trinajstić information content (AvgIpc) is 3.01. The van der Waals surface area contributed by atoms with Crippen LogP contribution in [0.5, 0.6) is 0 Å². The van der Waals surface area contributed by atoms with Crippen molar-refractivity contribution in [2.75, 3.05) is 10.6 Å². The molecule has 2 aromatic carbocycles. The number of nitrogens with zero attached hydrogens (tertiary/aromatic N) is 4. The molecule has 8 heteroatoms.